The van der Waals surface area contributed by atoms with Crippen molar-refractivity contribution < 1.29 is 0 Å². The lowest BCUT2D eigenvalue weighted by Crippen LogP contribution is -2.36. The summed E-state index contributed by atoms with van der Waals surface area (Å²) in [5.41, 5.74) is 0.637. The fraction of sp³-hybridized carbons (Fsp3) is 1.00. The molecule has 0 saturated heterocycles. The highest BCUT2D eigenvalue weighted by atomic mass is 14.9. The lowest BCUT2D eigenvalue weighted by molar-refractivity contribution is 0.269. The SMILES string of the molecule is CCC1(CNCCNCC(C)C)CCCC1. The molecule has 0 aromatic heterocycles. The topological polar surface area (TPSA) is 24.1 Å². The van der Waals surface area contributed by atoms with Crippen molar-refractivity contribution in [2.24, 2.45) is 11.3 Å². The maximum absolute atomic E-state index is 3.63. The van der Waals surface area contributed by atoms with E-state index in [0.717, 1.165) is 25.6 Å². The van der Waals surface area contributed by atoms with Crippen LogP contribution in [0.1, 0.15) is 52.9 Å². The molecule has 0 atom stereocenters. The second kappa shape index (κ2) is 7.29. The van der Waals surface area contributed by atoms with Gasteiger partial charge < -0.3 is 10.6 Å². The van der Waals surface area contributed by atoms with Gasteiger partial charge in [-0.3, -0.25) is 0 Å². The summed E-state index contributed by atoms with van der Waals surface area (Å²) in [6.45, 7) is 11.5. The summed E-state index contributed by atoms with van der Waals surface area (Å²) in [5, 5.41) is 7.11. The molecule has 2 nitrogen and oxygen atoms in total. The van der Waals surface area contributed by atoms with Crippen molar-refractivity contribution in [3.8, 4) is 0 Å². The Hall–Kier alpha value is -0.0800. The van der Waals surface area contributed by atoms with Gasteiger partial charge in [-0.2, -0.15) is 0 Å². The van der Waals surface area contributed by atoms with E-state index in [1.807, 2.05) is 0 Å². The molecule has 0 spiro atoms. The zero-order valence-electron chi connectivity index (χ0n) is 11.4. The molecule has 1 aliphatic rings. The van der Waals surface area contributed by atoms with E-state index in [9.17, 15) is 0 Å². The molecule has 1 aliphatic carbocycles. The molecule has 1 saturated carbocycles. The van der Waals surface area contributed by atoms with Crippen LogP contribution in [0.25, 0.3) is 0 Å². The minimum Gasteiger partial charge on any atom is -0.315 e. The Balaban J connectivity index is 2.01. The van der Waals surface area contributed by atoms with Crippen molar-refractivity contribution in [2.45, 2.75) is 52.9 Å². The first-order valence-electron chi connectivity index (χ1n) is 7.10. The quantitative estimate of drug-likeness (QED) is 0.622. The Morgan fingerprint density at radius 3 is 2.25 bits per heavy atom. The second-order valence-electron chi connectivity index (χ2n) is 5.84. The van der Waals surface area contributed by atoms with E-state index in [2.05, 4.69) is 31.4 Å². The molecule has 0 amide bonds. The molecule has 2 N–H and O–H groups in total. The average Bonchev–Trinajstić information content (AvgIpc) is 2.72. The molecule has 2 heteroatoms. The number of hydrogen-bond donors (Lipinski definition) is 2. The van der Waals surface area contributed by atoms with Gasteiger partial charge in [0.25, 0.3) is 0 Å². The summed E-state index contributed by atoms with van der Waals surface area (Å²) >= 11 is 0. The Bertz CT molecular complexity index is 172. The van der Waals surface area contributed by atoms with E-state index in [1.165, 1.54) is 38.6 Å². The first kappa shape index (κ1) is 14.0. The fourth-order valence-corrected chi connectivity index (χ4v) is 2.70. The monoisotopic (exact) mass is 226 g/mol. The van der Waals surface area contributed by atoms with Crippen molar-refractivity contribution in [3.05, 3.63) is 0 Å². The molecular weight excluding hydrogens is 196 g/mol. The van der Waals surface area contributed by atoms with Crippen LogP contribution in [-0.2, 0) is 0 Å². The zero-order chi connectivity index (χ0) is 11.9. The Morgan fingerprint density at radius 2 is 1.69 bits per heavy atom. The summed E-state index contributed by atoms with van der Waals surface area (Å²) in [7, 11) is 0. The van der Waals surface area contributed by atoms with Gasteiger partial charge in [-0.15, -0.1) is 0 Å². The molecule has 1 rings (SSSR count). The van der Waals surface area contributed by atoms with Crippen LogP contribution in [0.5, 0.6) is 0 Å². The van der Waals surface area contributed by atoms with E-state index >= 15 is 0 Å². The van der Waals surface area contributed by atoms with Gasteiger partial charge in [-0.1, -0.05) is 33.6 Å². The summed E-state index contributed by atoms with van der Waals surface area (Å²) in [5.74, 6) is 0.761. The minimum absolute atomic E-state index is 0.637. The van der Waals surface area contributed by atoms with Gasteiger partial charge in [-0.25, -0.2) is 0 Å². The Kier molecular flexibility index (Phi) is 6.37. The van der Waals surface area contributed by atoms with Crippen LogP contribution in [0, 0.1) is 11.3 Å². The van der Waals surface area contributed by atoms with Crippen LogP contribution in [0.2, 0.25) is 0 Å². The maximum Gasteiger partial charge on any atom is 0.00769 e. The lowest BCUT2D eigenvalue weighted by atomic mass is 9.83. The zero-order valence-corrected chi connectivity index (χ0v) is 11.4. The normalized spacial score (nSPS) is 19.5. The lowest BCUT2D eigenvalue weighted by Gasteiger charge is -2.27. The highest BCUT2D eigenvalue weighted by Crippen LogP contribution is 2.40. The van der Waals surface area contributed by atoms with E-state index < -0.39 is 0 Å². The van der Waals surface area contributed by atoms with Crippen LogP contribution < -0.4 is 10.6 Å². The summed E-state index contributed by atoms with van der Waals surface area (Å²) in [6, 6.07) is 0. The summed E-state index contributed by atoms with van der Waals surface area (Å²) in [6.07, 6.45) is 7.12. The third-order valence-electron chi connectivity index (χ3n) is 3.95. The number of nitrogens with one attached hydrogen (secondary N) is 2. The van der Waals surface area contributed by atoms with Gasteiger partial charge in [0.15, 0.2) is 0 Å². The average molecular weight is 226 g/mol. The van der Waals surface area contributed by atoms with Gasteiger partial charge in [0.2, 0.25) is 0 Å². The first-order valence-corrected chi connectivity index (χ1v) is 7.10. The fourth-order valence-electron chi connectivity index (χ4n) is 2.70. The van der Waals surface area contributed by atoms with E-state index in [1.54, 1.807) is 0 Å². The third kappa shape index (κ3) is 4.84. The third-order valence-corrected chi connectivity index (χ3v) is 3.95. The van der Waals surface area contributed by atoms with Crippen molar-refractivity contribution in [3.63, 3.8) is 0 Å². The van der Waals surface area contributed by atoms with Crippen molar-refractivity contribution in [1.29, 1.82) is 0 Å². The molecule has 0 heterocycles. The Morgan fingerprint density at radius 1 is 1.06 bits per heavy atom. The first-order chi connectivity index (χ1) is 7.68. The standard InChI is InChI=1S/C14H30N2/c1-4-14(7-5-6-8-14)12-16-10-9-15-11-13(2)3/h13,15-16H,4-12H2,1-3H3. The Labute approximate surface area is 102 Å². The largest absolute Gasteiger partial charge is 0.315 e. The van der Waals surface area contributed by atoms with E-state index in [4.69, 9.17) is 0 Å². The van der Waals surface area contributed by atoms with E-state index in [0.29, 0.717) is 5.41 Å². The van der Waals surface area contributed by atoms with Gasteiger partial charge in [0, 0.05) is 19.6 Å². The number of rotatable bonds is 8. The van der Waals surface area contributed by atoms with Crippen LogP contribution in [0.3, 0.4) is 0 Å². The van der Waals surface area contributed by atoms with Crippen LogP contribution in [0.15, 0.2) is 0 Å². The molecule has 0 bridgehead atoms. The second-order valence-corrected chi connectivity index (χ2v) is 5.84. The molecule has 0 aliphatic heterocycles. The summed E-state index contributed by atoms with van der Waals surface area (Å²) in [4.78, 5) is 0. The molecular formula is C14H30N2. The predicted molar refractivity (Wildman–Crippen MR) is 71.8 cm³/mol. The van der Waals surface area contributed by atoms with Crippen LogP contribution in [-0.4, -0.2) is 26.2 Å². The van der Waals surface area contributed by atoms with Gasteiger partial charge in [0.1, 0.15) is 0 Å². The van der Waals surface area contributed by atoms with Gasteiger partial charge in [-0.05, 0) is 37.1 Å². The smallest absolute Gasteiger partial charge is 0.00769 e. The minimum atomic E-state index is 0.637. The molecule has 0 unspecified atom stereocenters. The van der Waals surface area contributed by atoms with Crippen LogP contribution >= 0.6 is 0 Å². The van der Waals surface area contributed by atoms with Crippen LogP contribution in [0.4, 0.5) is 0 Å². The highest BCUT2D eigenvalue weighted by Gasteiger charge is 2.31. The van der Waals surface area contributed by atoms with Gasteiger partial charge >= 0.3 is 0 Å². The molecule has 0 aromatic rings. The van der Waals surface area contributed by atoms with Crippen molar-refractivity contribution in [2.75, 3.05) is 26.2 Å². The van der Waals surface area contributed by atoms with Crippen molar-refractivity contribution in [1.82, 2.24) is 10.6 Å². The molecule has 0 radical (unpaired) electrons. The summed E-state index contributed by atoms with van der Waals surface area (Å²) < 4.78 is 0. The molecule has 96 valence electrons. The molecule has 16 heavy (non-hydrogen) atoms. The highest BCUT2D eigenvalue weighted by molar-refractivity contribution is 4.85. The van der Waals surface area contributed by atoms with Gasteiger partial charge in [0.05, 0.1) is 0 Å². The predicted octanol–water partition coefficient (Wildman–Crippen LogP) is 2.79. The maximum atomic E-state index is 3.63. The molecule has 1 fully saturated rings. The van der Waals surface area contributed by atoms with E-state index in [-0.39, 0.29) is 0 Å². The molecule has 0 aromatic carbocycles. The number of hydrogen-bond acceptors (Lipinski definition) is 2. The van der Waals surface area contributed by atoms with Crippen molar-refractivity contribution >= 4 is 0 Å².